The average molecular weight is 284 g/mol. The molecule has 1 rings (SSSR count). The molecule has 1 saturated carbocycles. The topological polar surface area (TPSA) is 69.6 Å². The van der Waals surface area contributed by atoms with E-state index < -0.39 is 11.4 Å². The Labute approximate surface area is 121 Å². The van der Waals surface area contributed by atoms with Crippen LogP contribution in [-0.2, 0) is 4.79 Å². The summed E-state index contributed by atoms with van der Waals surface area (Å²) >= 11 is 0. The first-order valence-electron chi connectivity index (χ1n) is 7.78. The zero-order valence-electron chi connectivity index (χ0n) is 12.9. The Bertz CT molecular complexity index is 334. The molecule has 0 aliphatic heterocycles. The molecule has 0 aromatic rings. The van der Waals surface area contributed by atoms with Crippen molar-refractivity contribution in [2.24, 2.45) is 5.41 Å². The molecule has 0 spiro atoms. The van der Waals surface area contributed by atoms with Gasteiger partial charge in [0.15, 0.2) is 0 Å². The normalized spacial score (nSPS) is 16.1. The van der Waals surface area contributed by atoms with E-state index in [4.69, 9.17) is 0 Å². The quantitative estimate of drug-likeness (QED) is 0.755. The van der Waals surface area contributed by atoms with Gasteiger partial charge in [0.05, 0.1) is 5.41 Å². The van der Waals surface area contributed by atoms with Gasteiger partial charge in [-0.3, -0.25) is 4.79 Å². The van der Waals surface area contributed by atoms with Gasteiger partial charge in [0.2, 0.25) is 0 Å². The van der Waals surface area contributed by atoms with Gasteiger partial charge in [-0.25, -0.2) is 4.79 Å². The van der Waals surface area contributed by atoms with Crippen LogP contribution in [0.5, 0.6) is 0 Å². The van der Waals surface area contributed by atoms with Crippen LogP contribution in [0, 0.1) is 5.41 Å². The molecule has 116 valence electrons. The number of nitrogens with zero attached hydrogens (tertiary/aromatic N) is 1. The standard InChI is InChI=1S/C15H28N2O3/c1-4-15(5-2,13(18)19)11-16-14(20)17(6-3)12-9-7-8-10-12/h12H,4-11H2,1-3H3,(H,16,20)(H,18,19). The maximum absolute atomic E-state index is 12.3. The van der Waals surface area contributed by atoms with Crippen LogP contribution in [0.1, 0.15) is 59.3 Å². The Kier molecular flexibility index (Phi) is 6.30. The number of aliphatic carboxylic acids is 1. The van der Waals surface area contributed by atoms with Crippen LogP contribution < -0.4 is 5.32 Å². The lowest BCUT2D eigenvalue weighted by atomic mass is 9.82. The number of carboxylic acid groups (broad SMARTS) is 1. The van der Waals surface area contributed by atoms with E-state index >= 15 is 0 Å². The van der Waals surface area contributed by atoms with Crippen molar-refractivity contribution >= 4 is 12.0 Å². The molecular weight excluding hydrogens is 256 g/mol. The molecule has 2 N–H and O–H groups in total. The number of urea groups is 1. The summed E-state index contributed by atoms with van der Waals surface area (Å²) in [6.07, 6.45) is 5.53. The van der Waals surface area contributed by atoms with Crippen molar-refractivity contribution in [3.63, 3.8) is 0 Å². The summed E-state index contributed by atoms with van der Waals surface area (Å²) in [6.45, 7) is 6.57. The van der Waals surface area contributed by atoms with Gasteiger partial charge < -0.3 is 15.3 Å². The van der Waals surface area contributed by atoms with Gasteiger partial charge in [0, 0.05) is 19.1 Å². The molecule has 0 saturated heterocycles. The second-order valence-electron chi connectivity index (χ2n) is 5.68. The van der Waals surface area contributed by atoms with Crippen molar-refractivity contribution in [3.8, 4) is 0 Å². The zero-order chi connectivity index (χ0) is 15.2. The monoisotopic (exact) mass is 284 g/mol. The molecule has 1 aliphatic carbocycles. The lowest BCUT2D eigenvalue weighted by molar-refractivity contribution is -0.149. The second kappa shape index (κ2) is 7.50. The summed E-state index contributed by atoms with van der Waals surface area (Å²) < 4.78 is 0. The van der Waals surface area contributed by atoms with Crippen molar-refractivity contribution in [2.45, 2.75) is 65.3 Å². The zero-order valence-corrected chi connectivity index (χ0v) is 12.9. The highest BCUT2D eigenvalue weighted by Crippen LogP contribution is 2.26. The molecule has 0 heterocycles. The van der Waals surface area contributed by atoms with Crippen molar-refractivity contribution < 1.29 is 14.7 Å². The maximum atomic E-state index is 12.3. The van der Waals surface area contributed by atoms with Crippen LogP contribution in [0.15, 0.2) is 0 Å². The maximum Gasteiger partial charge on any atom is 0.317 e. The van der Waals surface area contributed by atoms with E-state index in [2.05, 4.69) is 5.32 Å². The number of hydrogen-bond donors (Lipinski definition) is 2. The molecule has 2 amide bonds. The van der Waals surface area contributed by atoms with Gasteiger partial charge >= 0.3 is 12.0 Å². The number of rotatable bonds is 7. The van der Waals surface area contributed by atoms with Crippen LogP contribution in [0.25, 0.3) is 0 Å². The highest BCUT2D eigenvalue weighted by atomic mass is 16.4. The molecule has 5 heteroatoms. The second-order valence-corrected chi connectivity index (χ2v) is 5.68. The van der Waals surface area contributed by atoms with Crippen LogP contribution >= 0.6 is 0 Å². The summed E-state index contributed by atoms with van der Waals surface area (Å²) in [7, 11) is 0. The number of carboxylic acids is 1. The molecule has 1 fully saturated rings. The third kappa shape index (κ3) is 3.64. The molecular formula is C15H28N2O3. The molecule has 0 atom stereocenters. The first-order valence-corrected chi connectivity index (χ1v) is 7.78. The van der Waals surface area contributed by atoms with Gasteiger partial charge in [0.1, 0.15) is 0 Å². The first kappa shape index (κ1) is 16.8. The Hall–Kier alpha value is -1.26. The minimum Gasteiger partial charge on any atom is -0.481 e. The number of hydrogen-bond acceptors (Lipinski definition) is 2. The number of carbonyl (C=O) groups is 2. The predicted octanol–water partition coefficient (Wildman–Crippen LogP) is 2.85. The van der Waals surface area contributed by atoms with E-state index in [0.29, 0.717) is 25.4 Å². The summed E-state index contributed by atoms with van der Waals surface area (Å²) in [5.41, 5.74) is -0.843. The molecule has 5 nitrogen and oxygen atoms in total. The third-order valence-corrected chi connectivity index (χ3v) is 4.75. The largest absolute Gasteiger partial charge is 0.481 e. The van der Waals surface area contributed by atoms with Gasteiger partial charge in [-0.15, -0.1) is 0 Å². The smallest absolute Gasteiger partial charge is 0.317 e. The van der Waals surface area contributed by atoms with Crippen LogP contribution in [0.4, 0.5) is 4.79 Å². The van der Waals surface area contributed by atoms with E-state index in [1.807, 2.05) is 25.7 Å². The molecule has 20 heavy (non-hydrogen) atoms. The Morgan fingerprint density at radius 2 is 1.75 bits per heavy atom. The molecule has 1 aliphatic rings. The molecule has 0 bridgehead atoms. The van der Waals surface area contributed by atoms with E-state index in [-0.39, 0.29) is 12.6 Å². The van der Waals surface area contributed by atoms with Gasteiger partial charge in [0.25, 0.3) is 0 Å². The van der Waals surface area contributed by atoms with Gasteiger partial charge in [-0.1, -0.05) is 26.7 Å². The predicted molar refractivity (Wildman–Crippen MR) is 78.7 cm³/mol. The summed E-state index contributed by atoms with van der Waals surface area (Å²) in [6, 6.07) is 0.203. The molecule has 0 aromatic heterocycles. The SMILES string of the molecule is CCN(C(=O)NCC(CC)(CC)C(=O)O)C1CCCC1. The van der Waals surface area contributed by atoms with Crippen molar-refractivity contribution in [2.75, 3.05) is 13.1 Å². The fraction of sp³-hybridized carbons (Fsp3) is 0.867. The lowest BCUT2D eigenvalue weighted by Gasteiger charge is -2.31. The number of amides is 2. The molecule has 0 aromatic carbocycles. The third-order valence-electron chi connectivity index (χ3n) is 4.75. The highest BCUT2D eigenvalue weighted by Gasteiger charge is 2.36. The highest BCUT2D eigenvalue weighted by molar-refractivity contribution is 5.78. The minimum atomic E-state index is -0.843. The summed E-state index contributed by atoms with van der Waals surface area (Å²) in [5, 5.41) is 12.2. The fourth-order valence-electron chi connectivity index (χ4n) is 3.01. The van der Waals surface area contributed by atoms with Gasteiger partial charge in [-0.2, -0.15) is 0 Å². The van der Waals surface area contributed by atoms with E-state index in [1.165, 1.54) is 12.8 Å². The van der Waals surface area contributed by atoms with Crippen LogP contribution in [0.2, 0.25) is 0 Å². The summed E-state index contributed by atoms with van der Waals surface area (Å²) in [5.74, 6) is -0.827. The van der Waals surface area contributed by atoms with Crippen molar-refractivity contribution in [3.05, 3.63) is 0 Å². The molecule has 0 unspecified atom stereocenters. The van der Waals surface area contributed by atoms with Crippen LogP contribution in [0.3, 0.4) is 0 Å². The van der Waals surface area contributed by atoms with Crippen molar-refractivity contribution in [1.82, 2.24) is 10.2 Å². The number of carbonyl (C=O) groups excluding carboxylic acids is 1. The van der Waals surface area contributed by atoms with E-state index in [0.717, 1.165) is 12.8 Å². The average Bonchev–Trinajstić information content (AvgIpc) is 2.95. The first-order chi connectivity index (χ1) is 9.50. The van der Waals surface area contributed by atoms with Crippen molar-refractivity contribution in [1.29, 1.82) is 0 Å². The minimum absolute atomic E-state index is 0.119. The van der Waals surface area contributed by atoms with Gasteiger partial charge in [-0.05, 0) is 32.6 Å². The fourth-order valence-corrected chi connectivity index (χ4v) is 3.01. The van der Waals surface area contributed by atoms with E-state index in [9.17, 15) is 14.7 Å². The van der Waals surface area contributed by atoms with Crippen LogP contribution in [-0.4, -0.2) is 41.1 Å². The van der Waals surface area contributed by atoms with E-state index in [1.54, 1.807) is 0 Å². The Morgan fingerprint density at radius 3 is 2.15 bits per heavy atom. The number of nitrogens with one attached hydrogen (secondary N) is 1. The Balaban J connectivity index is 2.61. The Morgan fingerprint density at radius 1 is 1.20 bits per heavy atom. The molecule has 0 radical (unpaired) electrons. The summed E-state index contributed by atoms with van der Waals surface area (Å²) in [4.78, 5) is 25.6. The lowest BCUT2D eigenvalue weighted by Crippen LogP contribution is -2.49.